The molecule has 1 heterocycles. The molecule has 1 aromatic heterocycles. The molecular weight excluding hydrogens is 391 g/mol. The minimum absolute atomic E-state index is 0.0716. The van der Waals surface area contributed by atoms with E-state index in [4.69, 9.17) is 5.73 Å². The number of halogens is 3. The number of thiophene rings is 1. The highest BCUT2D eigenvalue weighted by atomic mass is 32.2. The van der Waals surface area contributed by atoms with E-state index in [2.05, 4.69) is 10.0 Å². The molecule has 2 aromatic rings. The van der Waals surface area contributed by atoms with Gasteiger partial charge in [-0.2, -0.15) is 13.2 Å². The van der Waals surface area contributed by atoms with Gasteiger partial charge in [0.05, 0.1) is 5.00 Å². The number of rotatable bonds is 7. The van der Waals surface area contributed by atoms with Crippen LogP contribution in [0.25, 0.3) is 0 Å². The van der Waals surface area contributed by atoms with Crippen LogP contribution >= 0.6 is 11.3 Å². The third-order valence-electron chi connectivity index (χ3n) is 3.61. The number of hydrogen-bond donors (Lipinski definition) is 4. The molecule has 0 radical (unpaired) electrons. The van der Waals surface area contributed by atoms with Crippen LogP contribution in [0.1, 0.15) is 12.5 Å². The van der Waals surface area contributed by atoms with Crippen LogP contribution in [0.15, 0.2) is 40.6 Å². The first-order valence-electron chi connectivity index (χ1n) is 7.42. The zero-order chi connectivity index (χ0) is 19.6. The highest BCUT2D eigenvalue weighted by molar-refractivity contribution is 7.91. The van der Waals surface area contributed by atoms with Crippen molar-refractivity contribution in [2.24, 2.45) is 0 Å². The molecule has 0 aliphatic rings. The van der Waals surface area contributed by atoms with Gasteiger partial charge in [0.2, 0.25) is 10.0 Å². The van der Waals surface area contributed by atoms with Crippen LogP contribution in [-0.2, 0) is 15.6 Å². The molecule has 0 aliphatic carbocycles. The minimum atomic E-state index is -4.79. The van der Waals surface area contributed by atoms with Gasteiger partial charge >= 0.3 is 6.18 Å². The summed E-state index contributed by atoms with van der Waals surface area (Å²) in [6, 6.07) is 7.98. The average Bonchev–Trinajstić information content (AvgIpc) is 2.98. The second-order valence-corrected chi connectivity index (χ2v) is 8.74. The van der Waals surface area contributed by atoms with E-state index in [1.807, 2.05) is 0 Å². The van der Waals surface area contributed by atoms with E-state index in [0.717, 1.165) is 23.5 Å². The molecule has 0 fully saturated rings. The number of alkyl halides is 3. The Bertz CT molecular complexity index is 847. The van der Waals surface area contributed by atoms with Crippen LogP contribution in [0.4, 0.5) is 23.9 Å². The molecule has 26 heavy (non-hydrogen) atoms. The molecule has 1 atom stereocenters. The first-order valence-corrected chi connectivity index (χ1v) is 9.72. The molecule has 6 nitrogen and oxygen atoms in total. The van der Waals surface area contributed by atoms with E-state index in [0.29, 0.717) is 17.6 Å². The molecule has 1 unspecified atom stereocenters. The highest BCUT2D eigenvalue weighted by Crippen LogP contribution is 2.38. The molecular formula is C15H18F3N3O3S2. The fourth-order valence-electron chi connectivity index (χ4n) is 2.02. The van der Waals surface area contributed by atoms with Gasteiger partial charge < -0.3 is 16.2 Å². The van der Waals surface area contributed by atoms with Crippen molar-refractivity contribution >= 4 is 32.0 Å². The Morgan fingerprint density at radius 2 is 1.73 bits per heavy atom. The van der Waals surface area contributed by atoms with Crippen molar-refractivity contribution in [2.75, 3.05) is 24.1 Å². The number of nitrogens with two attached hydrogens (primary N) is 1. The molecule has 1 aromatic carbocycles. The van der Waals surface area contributed by atoms with Crippen LogP contribution in [0, 0.1) is 0 Å². The molecule has 5 N–H and O–H groups in total. The van der Waals surface area contributed by atoms with Gasteiger partial charge in [0.25, 0.3) is 0 Å². The number of nitrogen functional groups attached to an aromatic ring is 1. The van der Waals surface area contributed by atoms with Crippen LogP contribution in [0.3, 0.4) is 0 Å². The molecule has 0 aliphatic heterocycles. The number of nitrogens with one attached hydrogen (secondary N) is 2. The number of sulfonamides is 1. The van der Waals surface area contributed by atoms with E-state index in [9.17, 15) is 26.7 Å². The van der Waals surface area contributed by atoms with Crippen molar-refractivity contribution in [3.8, 4) is 0 Å². The van der Waals surface area contributed by atoms with Crippen LogP contribution < -0.4 is 15.8 Å². The van der Waals surface area contributed by atoms with Crippen molar-refractivity contribution in [3.05, 3.63) is 42.0 Å². The van der Waals surface area contributed by atoms with E-state index in [1.54, 1.807) is 0 Å². The van der Waals surface area contributed by atoms with E-state index >= 15 is 0 Å². The Labute approximate surface area is 152 Å². The lowest BCUT2D eigenvalue weighted by Gasteiger charge is -2.26. The van der Waals surface area contributed by atoms with Gasteiger partial charge in [-0.1, -0.05) is 12.1 Å². The normalized spacial score (nSPS) is 14.8. The van der Waals surface area contributed by atoms with Crippen molar-refractivity contribution < 1.29 is 26.7 Å². The number of aliphatic hydroxyl groups is 1. The minimum Gasteiger partial charge on any atom is -0.391 e. The quantitative estimate of drug-likeness (QED) is 0.526. The summed E-state index contributed by atoms with van der Waals surface area (Å²) in [5, 5.41) is 12.9. The SMILES string of the molecule is CC(O)(c1ccc(NCCNS(=O)(=O)c2ccc(N)s2)cc1)C(F)(F)F. The Kier molecular flexibility index (Phi) is 5.85. The van der Waals surface area contributed by atoms with Gasteiger partial charge in [0.15, 0.2) is 5.60 Å². The van der Waals surface area contributed by atoms with E-state index in [1.165, 1.54) is 24.3 Å². The summed E-state index contributed by atoms with van der Waals surface area (Å²) in [4.78, 5) is 0. The van der Waals surface area contributed by atoms with Gasteiger partial charge in [0.1, 0.15) is 4.21 Å². The Balaban J connectivity index is 1.89. The van der Waals surface area contributed by atoms with Gasteiger partial charge in [-0.3, -0.25) is 0 Å². The second-order valence-electron chi connectivity index (χ2n) is 5.63. The van der Waals surface area contributed by atoms with Crippen molar-refractivity contribution in [3.63, 3.8) is 0 Å². The zero-order valence-electron chi connectivity index (χ0n) is 13.7. The van der Waals surface area contributed by atoms with E-state index < -0.39 is 21.8 Å². The third-order valence-corrected chi connectivity index (χ3v) is 6.48. The second kappa shape index (κ2) is 7.43. The first kappa shape index (κ1) is 20.5. The standard InChI is InChI=1S/C15H18F3N3O3S2/c1-14(22,15(16,17)18)10-2-4-11(5-3-10)20-8-9-21-26(23,24)13-7-6-12(19)25-13/h2-7,20-22H,8-9,19H2,1H3. The largest absolute Gasteiger partial charge is 0.421 e. The van der Waals surface area contributed by atoms with Crippen molar-refractivity contribution in [2.45, 2.75) is 22.9 Å². The Morgan fingerprint density at radius 1 is 1.12 bits per heavy atom. The van der Waals surface area contributed by atoms with E-state index in [-0.39, 0.29) is 22.9 Å². The molecule has 0 amide bonds. The molecule has 2 rings (SSSR count). The molecule has 0 bridgehead atoms. The lowest BCUT2D eigenvalue weighted by molar-refractivity contribution is -0.258. The Morgan fingerprint density at radius 3 is 2.23 bits per heavy atom. The average molecular weight is 409 g/mol. The molecule has 144 valence electrons. The molecule has 0 spiro atoms. The summed E-state index contributed by atoms with van der Waals surface area (Å²) in [6.07, 6.45) is -4.79. The molecule has 0 saturated carbocycles. The molecule has 0 saturated heterocycles. The first-order chi connectivity index (χ1) is 11.9. The van der Waals surface area contributed by atoms with Gasteiger partial charge in [0, 0.05) is 18.8 Å². The monoisotopic (exact) mass is 409 g/mol. The number of benzene rings is 1. The molecule has 11 heteroatoms. The summed E-state index contributed by atoms with van der Waals surface area (Å²) in [5.74, 6) is 0. The Hall–Kier alpha value is -1.82. The lowest BCUT2D eigenvalue weighted by atomic mass is 9.95. The van der Waals surface area contributed by atoms with Gasteiger partial charge in [-0.15, -0.1) is 11.3 Å². The topological polar surface area (TPSA) is 104 Å². The van der Waals surface area contributed by atoms with Crippen LogP contribution in [-0.4, -0.2) is 32.8 Å². The van der Waals surface area contributed by atoms with Crippen LogP contribution in [0.5, 0.6) is 0 Å². The summed E-state index contributed by atoms with van der Waals surface area (Å²) in [5.41, 5.74) is 2.77. The fraction of sp³-hybridized carbons (Fsp3) is 0.333. The summed E-state index contributed by atoms with van der Waals surface area (Å²) < 4.78 is 64.8. The predicted molar refractivity (Wildman–Crippen MR) is 94.5 cm³/mol. The van der Waals surface area contributed by atoms with Crippen LogP contribution in [0.2, 0.25) is 0 Å². The number of anilines is 2. The smallest absolute Gasteiger partial charge is 0.391 e. The summed E-state index contributed by atoms with van der Waals surface area (Å²) in [6.45, 7) is 0.971. The highest BCUT2D eigenvalue weighted by Gasteiger charge is 2.51. The fourth-order valence-corrected chi connectivity index (χ4v) is 4.19. The lowest BCUT2D eigenvalue weighted by Crippen LogP contribution is -2.39. The number of hydrogen-bond acceptors (Lipinski definition) is 6. The van der Waals surface area contributed by atoms with Gasteiger partial charge in [-0.25, -0.2) is 13.1 Å². The maximum Gasteiger partial charge on any atom is 0.421 e. The van der Waals surface area contributed by atoms with Gasteiger partial charge in [-0.05, 0) is 36.8 Å². The zero-order valence-corrected chi connectivity index (χ0v) is 15.3. The summed E-state index contributed by atoms with van der Waals surface area (Å²) >= 11 is 0.946. The van der Waals surface area contributed by atoms with Crippen molar-refractivity contribution in [1.29, 1.82) is 0 Å². The predicted octanol–water partition coefficient (Wildman–Crippen LogP) is 2.49. The maximum atomic E-state index is 12.8. The maximum absolute atomic E-state index is 12.8. The van der Waals surface area contributed by atoms with Crippen molar-refractivity contribution in [1.82, 2.24) is 4.72 Å². The summed E-state index contributed by atoms with van der Waals surface area (Å²) in [7, 11) is -3.65. The third kappa shape index (κ3) is 4.67.